The van der Waals surface area contributed by atoms with Gasteiger partial charge in [-0.3, -0.25) is 0 Å². The minimum atomic E-state index is -1.51. The number of benzene rings is 2. The first-order chi connectivity index (χ1) is 9.00. The molecule has 0 fully saturated rings. The molecular weight excluding hydrogens is 249 g/mol. The number of rotatable bonds is 2. The van der Waals surface area contributed by atoms with E-state index >= 15 is 0 Å². The van der Waals surface area contributed by atoms with Gasteiger partial charge in [0, 0.05) is 0 Å². The van der Waals surface area contributed by atoms with Crippen LogP contribution in [-0.4, -0.2) is 34.3 Å². The van der Waals surface area contributed by atoms with Crippen molar-refractivity contribution >= 4 is 25.2 Å². The maximum absolute atomic E-state index is 12.2. The van der Waals surface area contributed by atoms with Crippen LogP contribution in [0.3, 0.4) is 0 Å². The van der Waals surface area contributed by atoms with Crippen molar-refractivity contribution in [2.45, 2.75) is 0 Å². The van der Waals surface area contributed by atoms with Crippen molar-refractivity contribution in [2.24, 2.45) is 0 Å². The van der Waals surface area contributed by atoms with Gasteiger partial charge in [-0.05, 0) is 23.1 Å². The van der Waals surface area contributed by atoms with E-state index in [4.69, 9.17) is 20.1 Å². The van der Waals surface area contributed by atoms with Gasteiger partial charge in [0.2, 0.25) is 0 Å². The molecule has 4 N–H and O–H groups in total. The van der Waals surface area contributed by atoms with E-state index in [2.05, 4.69) is 0 Å². The zero-order valence-corrected chi connectivity index (χ0v) is 10.0. The van der Waals surface area contributed by atoms with Crippen LogP contribution in [0.2, 0.25) is 0 Å². The zero-order chi connectivity index (χ0) is 14.3. The Hall–Kier alpha value is -1.66. The summed E-state index contributed by atoms with van der Waals surface area (Å²) in [5.41, 5.74) is 0.818. The third kappa shape index (κ3) is 5.67. The van der Waals surface area contributed by atoms with Gasteiger partial charge in [-0.1, -0.05) is 42.5 Å². The average Bonchev–Trinajstić information content (AvgIpc) is 2.41. The van der Waals surface area contributed by atoms with Crippen molar-refractivity contribution in [3.63, 3.8) is 0 Å². The van der Waals surface area contributed by atoms with Crippen molar-refractivity contribution in [3.05, 3.63) is 60.4 Å². The van der Waals surface area contributed by atoms with E-state index in [0.29, 0.717) is 10.9 Å². The molecule has 0 aliphatic heterocycles. The van der Waals surface area contributed by atoms with Crippen LogP contribution in [-0.2, 0) is 0 Å². The fourth-order valence-electron chi connectivity index (χ4n) is 1.26. The Morgan fingerprint density at radius 3 is 1.42 bits per heavy atom. The Kier molecular flexibility index (Phi) is 6.24. The van der Waals surface area contributed by atoms with Crippen LogP contribution < -0.4 is 10.9 Å². The fourth-order valence-corrected chi connectivity index (χ4v) is 1.26. The van der Waals surface area contributed by atoms with E-state index in [0.717, 1.165) is 0 Å². The first-order valence-corrected chi connectivity index (χ1v) is 5.53. The minimum absolute atomic E-state index is 0.293. The quantitative estimate of drug-likeness (QED) is 0.516. The topological polar surface area (TPSA) is 80.9 Å². The molecule has 0 saturated carbocycles. The van der Waals surface area contributed by atoms with Gasteiger partial charge < -0.3 is 20.1 Å². The highest BCUT2D eigenvalue weighted by Crippen LogP contribution is 1.92. The van der Waals surface area contributed by atoms with Crippen molar-refractivity contribution in [1.29, 1.82) is 0 Å². The SMILES string of the molecule is OB(O)c1ccc(F)cc1.OB(O)c1ccccc1. The lowest BCUT2D eigenvalue weighted by Gasteiger charge is -1.95. The van der Waals surface area contributed by atoms with Gasteiger partial charge in [0.05, 0.1) is 0 Å². The predicted octanol–water partition coefficient (Wildman–Crippen LogP) is -1.13. The smallest absolute Gasteiger partial charge is 0.423 e. The van der Waals surface area contributed by atoms with Gasteiger partial charge in [-0.25, -0.2) is 4.39 Å². The Balaban J connectivity index is 0.000000191. The van der Waals surface area contributed by atoms with E-state index in [1.165, 1.54) is 24.3 Å². The van der Waals surface area contributed by atoms with Crippen molar-refractivity contribution in [1.82, 2.24) is 0 Å². The van der Waals surface area contributed by atoms with E-state index < -0.39 is 14.2 Å². The Morgan fingerprint density at radius 1 is 0.632 bits per heavy atom. The van der Waals surface area contributed by atoms with Crippen molar-refractivity contribution < 1.29 is 24.5 Å². The maximum Gasteiger partial charge on any atom is 0.488 e. The lowest BCUT2D eigenvalue weighted by Crippen LogP contribution is -2.29. The van der Waals surface area contributed by atoms with Crippen LogP contribution in [0.5, 0.6) is 0 Å². The van der Waals surface area contributed by atoms with Crippen LogP contribution in [0.4, 0.5) is 4.39 Å². The summed E-state index contributed by atoms with van der Waals surface area (Å²) in [6, 6.07) is 13.6. The second kappa shape index (κ2) is 7.70. The molecule has 0 aliphatic rings. The van der Waals surface area contributed by atoms with Crippen molar-refractivity contribution in [3.8, 4) is 0 Å². The van der Waals surface area contributed by atoms with Crippen molar-refractivity contribution in [2.75, 3.05) is 0 Å². The molecule has 0 saturated heterocycles. The van der Waals surface area contributed by atoms with Crippen LogP contribution >= 0.6 is 0 Å². The Morgan fingerprint density at radius 2 is 1.05 bits per heavy atom. The molecule has 0 amide bonds. The summed E-state index contributed by atoms with van der Waals surface area (Å²) in [6.45, 7) is 0. The zero-order valence-electron chi connectivity index (χ0n) is 10.0. The average molecular weight is 262 g/mol. The molecule has 0 heterocycles. The number of halogens is 1. The molecule has 2 rings (SSSR count). The molecule has 0 radical (unpaired) electrons. The molecule has 19 heavy (non-hydrogen) atoms. The second-order valence-electron chi connectivity index (χ2n) is 3.71. The highest BCUT2D eigenvalue weighted by Gasteiger charge is 2.09. The summed E-state index contributed by atoms with van der Waals surface area (Å²) in [6.07, 6.45) is 0. The van der Waals surface area contributed by atoms with Crippen LogP contribution in [0.1, 0.15) is 0 Å². The highest BCUT2D eigenvalue weighted by molar-refractivity contribution is 6.58. The molecule has 4 nitrogen and oxygen atoms in total. The number of hydrogen-bond acceptors (Lipinski definition) is 4. The molecule has 7 heteroatoms. The summed E-state index contributed by atoms with van der Waals surface area (Å²) in [4.78, 5) is 0. The van der Waals surface area contributed by atoms with E-state index in [9.17, 15) is 4.39 Å². The first kappa shape index (κ1) is 15.4. The van der Waals surface area contributed by atoms with Gasteiger partial charge in [0.25, 0.3) is 0 Å². The van der Waals surface area contributed by atoms with Gasteiger partial charge in [0.1, 0.15) is 5.82 Å². The number of hydrogen-bond donors (Lipinski definition) is 4. The van der Waals surface area contributed by atoms with Crippen LogP contribution in [0.25, 0.3) is 0 Å². The lowest BCUT2D eigenvalue weighted by atomic mass is 9.80. The molecule has 0 unspecified atom stereocenters. The monoisotopic (exact) mass is 262 g/mol. The third-order valence-corrected chi connectivity index (χ3v) is 2.27. The third-order valence-electron chi connectivity index (χ3n) is 2.27. The fraction of sp³-hybridized carbons (Fsp3) is 0. The van der Waals surface area contributed by atoms with Gasteiger partial charge >= 0.3 is 14.2 Å². The Bertz CT molecular complexity index is 477. The molecule has 98 valence electrons. The summed E-state index contributed by atoms with van der Waals surface area (Å²) in [5, 5.41) is 34.3. The summed E-state index contributed by atoms with van der Waals surface area (Å²) < 4.78 is 12.2. The largest absolute Gasteiger partial charge is 0.488 e. The van der Waals surface area contributed by atoms with Gasteiger partial charge in [-0.15, -0.1) is 0 Å². The molecule has 0 atom stereocenters. The minimum Gasteiger partial charge on any atom is -0.423 e. The molecule has 2 aromatic rings. The summed E-state index contributed by atoms with van der Waals surface area (Å²) in [5.74, 6) is -0.385. The highest BCUT2D eigenvalue weighted by atomic mass is 19.1. The normalized spacial score (nSPS) is 9.32. The molecular formula is C12H13B2FO4. The molecule has 0 bridgehead atoms. The molecule has 0 spiro atoms. The molecule has 2 aromatic carbocycles. The summed E-state index contributed by atoms with van der Waals surface area (Å²) >= 11 is 0. The van der Waals surface area contributed by atoms with Gasteiger partial charge in [0.15, 0.2) is 0 Å². The Labute approximate surface area is 111 Å². The second-order valence-corrected chi connectivity index (χ2v) is 3.71. The van der Waals surface area contributed by atoms with E-state index in [1.54, 1.807) is 24.3 Å². The maximum atomic E-state index is 12.2. The van der Waals surface area contributed by atoms with E-state index in [-0.39, 0.29) is 5.82 Å². The standard InChI is InChI=1S/C6H6BFO2.C6H7BO2/c8-6-3-1-5(2-4-6)7(9)10;8-7(9)6-4-2-1-3-5-6/h1-4,9-10H;1-5,8-9H. The molecule has 0 aromatic heterocycles. The van der Waals surface area contributed by atoms with E-state index in [1.807, 2.05) is 6.07 Å². The van der Waals surface area contributed by atoms with Gasteiger partial charge in [-0.2, -0.15) is 0 Å². The first-order valence-electron chi connectivity index (χ1n) is 5.53. The van der Waals surface area contributed by atoms with Crippen LogP contribution in [0.15, 0.2) is 54.6 Å². The molecule has 0 aliphatic carbocycles. The summed E-state index contributed by atoms with van der Waals surface area (Å²) in [7, 11) is -2.85. The predicted molar refractivity (Wildman–Crippen MR) is 72.5 cm³/mol. The lowest BCUT2D eigenvalue weighted by molar-refractivity contribution is 0.424. The van der Waals surface area contributed by atoms with Crippen LogP contribution in [0, 0.1) is 5.82 Å².